The van der Waals surface area contributed by atoms with Crippen molar-refractivity contribution >= 4 is 17.5 Å². The predicted molar refractivity (Wildman–Crippen MR) is 74.5 cm³/mol. The number of nitrogens with zero attached hydrogens (tertiary/aromatic N) is 1. The van der Waals surface area contributed by atoms with Crippen LogP contribution in [0.1, 0.15) is 40.5 Å². The standard InChI is InChI=1S/C14H23NO4/c1-6-10(12(15-5)9(2)16)11(17)7-8-14(3,4)13(18)19/h6,9,16H,7-8H2,1-5H3,(H,18,19)/b10-6-,15-12?/t9-/m0/s1. The van der Waals surface area contributed by atoms with Gasteiger partial charge in [0.15, 0.2) is 5.78 Å². The van der Waals surface area contributed by atoms with Crippen LogP contribution < -0.4 is 0 Å². The molecule has 0 saturated carbocycles. The Balaban J connectivity index is 4.88. The van der Waals surface area contributed by atoms with E-state index < -0.39 is 17.5 Å². The molecule has 0 aromatic heterocycles. The van der Waals surface area contributed by atoms with Crippen molar-refractivity contribution in [1.82, 2.24) is 0 Å². The molecule has 19 heavy (non-hydrogen) atoms. The van der Waals surface area contributed by atoms with Gasteiger partial charge in [0.25, 0.3) is 0 Å². The number of allylic oxidation sites excluding steroid dienone is 1. The molecular formula is C14H23NO4. The molecular weight excluding hydrogens is 246 g/mol. The summed E-state index contributed by atoms with van der Waals surface area (Å²) in [6.45, 7) is 6.41. The van der Waals surface area contributed by atoms with E-state index in [0.29, 0.717) is 11.3 Å². The minimum Gasteiger partial charge on any atom is -0.481 e. The number of hydrogen-bond acceptors (Lipinski definition) is 4. The summed E-state index contributed by atoms with van der Waals surface area (Å²) in [6.07, 6.45) is 1.14. The summed E-state index contributed by atoms with van der Waals surface area (Å²) in [4.78, 5) is 27.0. The number of aliphatic imine (C=N–C) groups is 1. The molecule has 0 amide bonds. The minimum atomic E-state index is -0.942. The number of ketones is 1. The highest BCUT2D eigenvalue weighted by atomic mass is 16.4. The number of carbonyl (C=O) groups excluding carboxylic acids is 1. The Morgan fingerprint density at radius 2 is 1.89 bits per heavy atom. The van der Waals surface area contributed by atoms with Gasteiger partial charge in [-0.1, -0.05) is 6.08 Å². The molecule has 0 aromatic rings. The maximum absolute atomic E-state index is 12.1. The molecule has 0 aliphatic rings. The maximum atomic E-state index is 12.1. The average Bonchev–Trinajstić information content (AvgIpc) is 2.32. The molecule has 0 unspecified atom stereocenters. The fourth-order valence-corrected chi connectivity index (χ4v) is 1.65. The van der Waals surface area contributed by atoms with Gasteiger partial charge in [-0.3, -0.25) is 14.6 Å². The molecule has 0 rings (SSSR count). The Morgan fingerprint density at radius 3 is 2.21 bits per heavy atom. The first-order valence-corrected chi connectivity index (χ1v) is 6.25. The zero-order chi connectivity index (χ0) is 15.2. The van der Waals surface area contributed by atoms with E-state index in [9.17, 15) is 14.7 Å². The summed E-state index contributed by atoms with van der Waals surface area (Å²) in [5, 5.41) is 18.6. The Hall–Kier alpha value is -1.49. The second kappa shape index (κ2) is 7.19. The van der Waals surface area contributed by atoms with E-state index in [0.717, 1.165) is 0 Å². The number of rotatable bonds is 7. The van der Waals surface area contributed by atoms with Crippen LogP contribution in [0.4, 0.5) is 0 Å². The van der Waals surface area contributed by atoms with E-state index in [1.165, 1.54) is 7.05 Å². The van der Waals surface area contributed by atoms with E-state index >= 15 is 0 Å². The molecule has 2 N–H and O–H groups in total. The summed E-state index contributed by atoms with van der Waals surface area (Å²) >= 11 is 0. The topological polar surface area (TPSA) is 87.0 Å². The third kappa shape index (κ3) is 4.95. The van der Waals surface area contributed by atoms with Crippen LogP contribution in [0.5, 0.6) is 0 Å². The van der Waals surface area contributed by atoms with Gasteiger partial charge in [-0.2, -0.15) is 0 Å². The van der Waals surface area contributed by atoms with Crippen LogP contribution >= 0.6 is 0 Å². The van der Waals surface area contributed by atoms with E-state index in [4.69, 9.17) is 5.11 Å². The second-order valence-corrected chi connectivity index (χ2v) is 5.10. The van der Waals surface area contributed by atoms with Gasteiger partial charge in [-0.05, 0) is 34.1 Å². The van der Waals surface area contributed by atoms with Gasteiger partial charge in [-0.15, -0.1) is 0 Å². The van der Waals surface area contributed by atoms with E-state index in [-0.39, 0.29) is 18.6 Å². The van der Waals surface area contributed by atoms with Crippen LogP contribution in [0, 0.1) is 5.41 Å². The van der Waals surface area contributed by atoms with Crippen LogP contribution in [0.25, 0.3) is 0 Å². The van der Waals surface area contributed by atoms with E-state index in [1.54, 1.807) is 33.8 Å². The molecule has 0 aliphatic carbocycles. The van der Waals surface area contributed by atoms with Crippen LogP contribution in [-0.4, -0.2) is 40.8 Å². The number of aliphatic hydroxyl groups is 1. The van der Waals surface area contributed by atoms with Crippen molar-refractivity contribution in [2.24, 2.45) is 10.4 Å². The number of carboxylic acid groups (broad SMARTS) is 1. The monoisotopic (exact) mass is 269 g/mol. The van der Waals surface area contributed by atoms with Crippen LogP contribution in [-0.2, 0) is 9.59 Å². The summed E-state index contributed by atoms with van der Waals surface area (Å²) < 4.78 is 0. The fraction of sp³-hybridized carbons (Fsp3) is 0.643. The maximum Gasteiger partial charge on any atom is 0.309 e. The first-order chi connectivity index (χ1) is 8.67. The normalized spacial score (nSPS) is 15.3. The zero-order valence-corrected chi connectivity index (χ0v) is 12.2. The summed E-state index contributed by atoms with van der Waals surface area (Å²) in [6, 6.07) is 0. The molecule has 0 spiro atoms. The number of carboxylic acids is 1. The van der Waals surface area contributed by atoms with E-state index in [2.05, 4.69) is 4.99 Å². The Kier molecular flexibility index (Phi) is 6.62. The Morgan fingerprint density at radius 1 is 1.37 bits per heavy atom. The lowest BCUT2D eigenvalue weighted by atomic mass is 9.85. The van der Waals surface area contributed by atoms with Gasteiger partial charge < -0.3 is 10.2 Å². The smallest absolute Gasteiger partial charge is 0.309 e. The molecule has 0 fully saturated rings. The fourth-order valence-electron chi connectivity index (χ4n) is 1.65. The first-order valence-electron chi connectivity index (χ1n) is 6.25. The SMILES string of the molecule is C/C=C(/C(=O)CCC(C)(C)C(=O)O)C(=NC)[C@H](C)O. The van der Waals surface area contributed by atoms with E-state index in [1.807, 2.05) is 0 Å². The molecule has 0 aromatic carbocycles. The summed E-state index contributed by atoms with van der Waals surface area (Å²) in [7, 11) is 1.51. The third-order valence-corrected chi connectivity index (χ3v) is 3.06. The highest BCUT2D eigenvalue weighted by Crippen LogP contribution is 2.24. The Bertz CT molecular complexity index is 406. The molecule has 108 valence electrons. The number of carbonyl (C=O) groups is 2. The molecule has 1 atom stereocenters. The van der Waals surface area contributed by atoms with Crippen molar-refractivity contribution < 1.29 is 19.8 Å². The lowest BCUT2D eigenvalue weighted by Gasteiger charge is -2.19. The summed E-state index contributed by atoms with van der Waals surface area (Å²) in [5.41, 5.74) is -0.248. The highest BCUT2D eigenvalue weighted by Gasteiger charge is 2.29. The molecule has 5 heteroatoms. The first kappa shape index (κ1) is 17.5. The molecule has 0 bridgehead atoms. The van der Waals surface area contributed by atoms with Gasteiger partial charge in [0, 0.05) is 19.0 Å². The lowest BCUT2D eigenvalue weighted by molar-refractivity contribution is -0.147. The molecule has 0 heterocycles. The largest absolute Gasteiger partial charge is 0.481 e. The quantitative estimate of drug-likeness (QED) is 0.545. The van der Waals surface area contributed by atoms with Gasteiger partial charge in [0.2, 0.25) is 0 Å². The number of aliphatic hydroxyl groups excluding tert-OH is 1. The number of aliphatic carboxylic acids is 1. The predicted octanol–water partition coefficient (Wildman–Crippen LogP) is 1.84. The lowest BCUT2D eigenvalue weighted by Crippen LogP contribution is -2.27. The van der Waals surface area contributed by atoms with Gasteiger partial charge in [0.1, 0.15) is 0 Å². The van der Waals surface area contributed by atoms with Crippen LogP contribution in [0.2, 0.25) is 0 Å². The highest BCUT2D eigenvalue weighted by molar-refractivity contribution is 6.23. The van der Waals surface area contributed by atoms with Crippen molar-refractivity contribution in [3.63, 3.8) is 0 Å². The zero-order valence-electron chi connectivity index (χ0n) is 12.2. The summed E-state index contributed by atoms with van der Waals surface area (Å²) in [5.74, 6) is -1.12. The number of hydrogen-bond donors (Lipinski definition) is 2. The van der Waals surface area contributed by atoms with Crippen molar-refractivity contribution in [3.05, 3.63) is 11.6 Å². The molecule has 0 saturated heterocycles. The Labute approximate surface area is 114 Å². The molecule has 5 nitrogen and oxygen atoms in total. The van der Waals surface area contributed by atoms with Gasteiger partial charge >= 0.3 is 5.97 Å². The van der Waals surface area contributed by atoms with Crippen molar-refractivity contribution in [2.45, 2.75) is 46.6 Å². The van der Waals surface area contributed by atoms with Crippen molar-refractivity contribution in [3.8, 4) is 0 Å². The minimum absolute atomic E-state index is 0.116. The number of Topliss-reactive ketones (excluding diaryl/α,β-unsaturated/α-hetero) is 1. The molecule has 0 radical (unpaired) electrons. The van der Waals surface area contributed by atoms with Crippen molar-refractivity contribution in [1.29, 1.82) is 0 Å². The third-order valence-electron chi connectivity index (χ3n) is 3.06. The van der Waals surface area contributed by atoms with Gasteiger partial charge in [-0.25, -0.2) is 0 Å². The second-order valence-electron chi connectivity index (χ2n) is 5.10. The van der Waals surface area contributed by atoms with Gasteiger partial charge in [0.05, 0.1) is 17.2 Å². The van der Waals surface area contributed by atoms with Crippen LogP contribution in [0.3, 0.4) is 0 Å². The average molecular weight is 269 g/mol. The molecule has 0 aliphatic heterocycles. The van der Waals surface area contributed by atoms with Crippen LogP contribution in [0.15, 0.2) is 16.6 Å². The van der Waals surface area contributed by atoms with Crippen molar-refractivity contribution in [2.75, 3.05) is 7.05 Å².